The van der Waals surface area contributed by atoms with Crippen molar-refractivity contribution in [1.29, 1.82) is 0 Å². The van der Waals surface area contributed by atoms with E-state index in [2.05, 4.69) is 29.7 Å². The zero-order valence-electron chi connectivity index (χ0n) is 11.2. The molecule has 1 atom stereocenters. The lowest BCUT2D eigenvalue weighted by Crippen LogP contribution is -2.17. The Morgan fingerprint density at radius 3 is 2.82 bits per heavy atom. The second-order valence-electron chi connectivity index (χ2n) is 4.95. The number of nitrogens with zero attached hydrogens (tertiary/aromatic N) is 2. The van der Waals surface area contributed by atoms with Crippen LogP contribution in [0.4, 0.5) is 0 Å². The lowest BCUT2D eigenvalue weighted by atomic mass is 10.0. The SMILES string of the molecule is CSCCCCn1cncc1C(N)CC(C)C. The monoisotopic (exact) mass is 255 g/mol. The number of thioether (sulfide) groups is 1. The Kier molecular flexibility index (Phi) is 6.66. The largest absolute Gasteiger partial charge is 0.333 e. The van der Waals surface area contributed by atoms with Gasteiger partial charge in [-0.25, -0.2) is 4.98 Å². The molecule has 1 aromatic heterocycles. The van der Waals surface area contributed by atoms with Gasteiger partial charge in [-0.1, -0.05) is 13.8 Å². The molecule has 2 N–H and O–H groups in total. The predicted octanol–water partition coefficient (Wildman–Crippen LogP) is 3.07. The number of hydrogen-bond donors (Lipinski definition) is 1. The van der Waals surface area contributed by atoms with E-state index in [9.17, 15) is 0 Å². The van der Waals surface area contributed by atoms with E-state index in [4.69, 9.17) is 5.73 Å². The fourth-order valence-corrected chi connectivity index (χ4v) is 2.48. The first-order chi connectivity index (χ1) is 8.15. The van der Waals surface area contributed by atoms with Gasteiger partial charge >= 0.3 is 0 Å². The molecule has 0 spiro atoms. The fourth-order valence-electron chi connectivity index (χ4n) is 1.98. The van der Waals surface area contributed by atoms with Gasteiger partial charge in [-0.15, -0.1) is 0 Å². The summed E-state index contributed by atoms with van der Waals surface area (Å²) in [4.78, 5) is 4.23. The summed E-state index contributed by atoms with van der Waals surface area (Å²) in [5.41, 5.74) is 7.39. The van der Waals surface area contributed by atoms with Crippen molar-refractivity contribution in [2.24, 2.45) is 11.7 Å². The highest BCUT2D eigenvalue weighted by Crippen LogP contribution is 2.18. The molecular weight excluding hydrogens is 230 g/mol. The molecule has 4 heteroatoms. The van der Waals surface area contributed by atoms with Crippen LogP contribution < -0.4 is 5.73 Å². The summed E-state index contributed by atoms with van der Waals surface area (Å²) in [7, 11) is 0. The van der Waals surface area contributed by atoms with Gasteiger partial charge in [0.1, 0.15) is 0 Å². The Hall–Kier alpha value is -0.480. The number of unbranched alkanes of at least 4 members (excludes halogenated alkanes) is 1. The maximum absolute atomic E-state index is 6.21. The summed E-state index contributed by atoms with van der Waals surface area (Å²) in [5, 5.41) is 0. The van der Waals surface area contributed by atoms with Crippen molar-refractivity contribution in [1.82, 2.24) is 9.55 Å². The first kappa shape index (κ1) is 14.6. The Morgan fingerprint density at radius 2 is 2.18 bits per heavy atom. The summed E-state index contributed by atoms with van der Waals surface area (Å²) < 4.78 is 2.22. The molecule has 0 saturated heterocycles. The second kappa shape index (κ2) is 7.77. The Bertz CT molecular complexity index is 309. The minimum Gasteiger partial charge on any atom is -0.333 e. The predicted molar refractivity (Wildman–Crippen MR) is 76.2 cm³/mol. The van der Waals surface area contributed by atoms with Crippen molar-refractivity contribution in [3.05, 3.63) is 18.2 Å². The maximum Gasteiger partial charge on any atom is 0.0948 e. The highest BCUT2D eigenvalue weighted by molar-refractivity contribution is 7.98. The van der Waals surface area contributed by atoms with E-state index < -0.39 is 0 Å². The minimum atomic E-state index is 0.123. The Morgan fingerprint density at radius 1 is 1.41 bits per heavy atom. The van der Waals surface area contributed by atoms with Crippen LogP contribution in [0.1, 0.15) is 44.8 Å². The van der Waals surface area contributed by atoms with Gasteiger partial charge in [-0.05, 0) is 37.2 Å². The van der Waals surface area contributed by atoms with Crippen LogP contribution in [0.25, 0.3) is 0 Å². The second-order valence-corrected chi connectivity index (χ2v) is 5.93. The van der Waals surface area contributed by atoms with Crippen LogP contribution in [0.5, 0.6) is 0 Å². The molecule has 0 amide bonds. The molecule has 17 heavy (non-hydrogen) atoms. The number of aryl methyl sites for hydroxylation is 1. The first-order valence-electron chi connectivity index (χ1n) is 6.39. The van der Waals surface area contributed by atoms with E-state index in [0.29, 0.717) is 5.92 Å². The van der Waals surface area contributed by atoms with Gasteiger partial charge in [0, 0.05) is 18.8 Å². The van der Waals surface area contributed by atoms with E-state index in [1.807, 2.05) is 24.3 Å². The summed E-state index contributed by atoms with van der Waals surface area (Å²) in [5.74, 6) is 1.87. The highest BCUT2D eigenvalue weighted by Gasteiger charge is 2.12. The van der Waals surface area contributed by atoms with Crippen molar-refractivity contribution in [2.75, 3.05) is 12.0 Å². The number of imidazole rings is 1. The molecular formula is C13H25N3S. The third-order valence-corrected chi connectivity index (χ3v) is 3.54. The van der Waals surface area contributed by atoms with Crippen LogP contribution in [0.3, 0.4) is 0 Å². The molecule has 3 nitrogen and oxygen atoms in total. The standard InChI is InChI=1S/C13H25N3S/c1-11(2)8-12(14)13-9-15-10-16(13)6-4-5-7-17-3/h9-12H,4-8,14H2,1-3H3. The summed E-state index contributed by atoms with van der Waals surface area (Å²) in [6.45, 7) is 5.46. The smallest absolute Gasteiger partial charge is 0.0948 e. The molecule has 0 aliphatic carbocycles. The lowest BCUT2D eigenvalue weighted by Gasteiger charge is -2.16. The van der Waals surface area contributed by atoms with E-state index in [1.54, 1.807) is 0 Å². The van der Waals surface area contributed by atoms with Gasteiger partial charge in [-0.2, -0.15) is 11.8 Å². The minimum absolute atomic E-state index is 0.123. The Balaban J connectivity index is 2.47. The topological polar surface area (TPSA) is 43.8 Å². The summed E-state index contributed by atoms with van der Waals surface area (Å²) >= 11 is 1.91. The van der Waals surface area contributed by atoms with Crippen LogP contribution >= 0.6 is 11.8 Å². The summed E-state index contributed by atoms with van der Waals surface area (Å²) in [6.07, 6.45) is 9.48. The van der Waals surface area contributed by atoms with E-state index >= 15 is 0 Å². The van der Waals surface area contributed by atoms with Crippen molar-refractivity contribution >= 4 is 11.8 Å². The molecule has 0 aliphatic rings. The van der Waals surface area contributed by atoms with Crippen LogP contribution in [0.2, 0.25) is 0 Å². The summed E-state index contributed by atoms with van der Waals surface area (Å²) in [6, 6.07) is 0.123. The zero-order chi connectivity index (χ0) is 12.7. The molecule has 0 fully saturated rings. The third kappa shape index (κ3) is 5.13. The molecule has 1 rings (SSSR count). The van der Waals surface area contributed by atoms with Gasteiger partial charge in [0.15, 0.2) is 0 Å². The third-order valence-electron chi connectivity index (χ3n) is 2.85. The maximum atomic E-state index is 6.21. The van der Waals surface area contributed by atoms with Gasteiger partial charge < -0.3 is 10.3 Å². The van der Waals surface area contributed by atoms with E-state index in [1.165, 1.54) is 24.3 Å². The molecule has 0 aliphatic heterocycles. The average Bonchev–Trinajstić information content (AvgIpc) is 2.71. The molecule has 0 aromatic carbocycles. The molecule has 0 radical (unpaired) electrons. The van der Waals surface area contributed by atoms with Crippen molar-refractivity contribution in [3.63, 3.8) is 0 Å². The Labute approximate surface area is 109 Å². The van der Waals surface area contributed by atoms with Crippen LogP contribution in [-0.2, 0) is 6.54 Å². The van der Waals surface area contributed by atoms with Crippen LogP contribution in [0.15, 0.2) is 12.5 Å². The number of aromatic nitrogens is 2. The first-order valence-corrected chi connectivity index (χ1v) is 7.79. The molecule has 1 unspecified atom stereocenters. The van der Waals surface area contributed by atoms with Crippen molar-refractivity contribution in [3.8, 4) is 0 Å². The van der Waals surface area contributed by atoms with Gasteiger partial charge in [0.05, 0.1) is 12.0 Å². The molecule has 0 bridgehead atoms. The zero-order valence-corrected chi connectivity index (χ0v) is 12.0. The van der Waals surface area contributed by atoms with E-state index in [-0.39, 0.29) is 6.04 Å². The van der Waals surface area contributed by atoms with Gasteiger partial charge in [-0.3, -0.25) is 0 Å². The molecule has 1 heterocycles. The molecule has 1 aromatic rings. The van der Waals surface area contributed by atoms with Crippen LogP contribution in [0, 0.1) is 5.92 Å². The number of hydrogen-bond acceptors (Lipinski definition) is 3. The fraction of sp³-hybridized carbons (Fsp3) is 0.769. The normalized spacial score (nSPS) is 13.2. The van der Waals surface area contributed by atoms with Crippen LogP contribution in [-0.4, -0.2) is 21.6 Å². The average molecular weight is 255 g/mol. The van der Waals surface area contributed by atoms with Gasteiger partial charge in [0.25, 0.3) is 0 Å². The van der Waals surface area contributed by atoms with Gasteiger partial charge in [0.2, 0.25) is 0 Å². The van der Waals surface area contributed by atoms with Crippen molar-refractivity contribution < 1.29 is 0 Å². The van der Waals surface area contributed by atoms with E-state index in [0.717, 1.165) is 13.0 Å². The number of rotatable bonds is 8. The van der Waals surface area contributed by atoms with Crippen molar-refractivity contribution in [2.45, 2.75) is 45.7 Å². The molecule has 98 valence electrons. The lowest BCUT2D eigenvalue weighted by molar-refractivity contribution is 0.479. The quantitative estimate of drug-likeness (QED) is 0.726. The number of nitrogens with two attached hydrogens (primary N) is 1. The molecule has 0 saturated carbocycles. The highest BCUT2D eigenvalue weighted by atomic mass is 32.2.